The Morgan fingerprint density at radius 1 is 1.19 bits per heavy atom. The minimum atomic E-state index is -0.0379. The number of nitrogens with one attached hydrogen (secondary N) is 1. The predicted octanol–water partition coefficient (Wildman–Crippen LogP) is 3.59. The number of hydrogen-bond acceptors (Lipinski definition) is 6. The molecule has 0 unspecified atom stereocenters. The quantitative estimate of drug-likeness (QED) is 0.747. The van der Waals surface area contributed by atoms with Gasteiger partial charge in [0.25, 0.3) is 5.22 Å². The van der Waals surface area contributed by atoms with E-state index >= 15 is 0 Å². The molecule has 2 aromatic rings. The van der Waals surface area contributed by atoms with Crippen molar-refractivity contribution in [2.45, 2.75) is 49.8 Å². The molecule has 0 aliphatic heterocycles. The third kappa shape index (κ3) is 5.24. The molecule has 1 aromatic heterocycles. The molecule has 1 amide bonds. The fraction of sp³-hybridized carbons (Fsp3) is 0.526. The first-order valence-corrected chi connectivity index (χ1v) is 10.1. The van der Waals surface area contributed by atoms with E-state index in [9.17, 15) is 4.79 Å². The molecule has 6 nitrogen and oxygen atoms in total. The van der Waals surface area contributed by atoms with Crippen LogP contribution >= 0.6 is 11.8 Å². The summed E-state index contributed by atoms with van der Waals surface area (Å²) in [6.07, 6.45) is 6.00. The number of thioether (sulfide) groups is 1. The van der Waals surface area contributed by atoms with Crippen molar-refractivity contribution < 1.29 is 9.21 Å². The Balaban J connectivity index is 1.42. The average molecular weight is 375 g/mol. The molecule has 1 aromatic carbocycles. The van der Waals surface area contributed by atoms with Gasteiger partial charge in [0.1, 0.15) is 0 Å². The molecule has 1 fully saturated rings. The van der Waals surface area contributed by atoms with Gasteiger partial charge in [0, 0.05) is 32.2 Å². The summed E-state index contributed by atoms with van der Waals surface area (Å²) < 4.78 is 5.73. The Morgan fingerprint density at radius 3 is 2.62 bits per heavy atom. The summed E-state index contributed by atoms with van der Waals surface area (Å²) in [5.74, 6) is 1.37. The standard InChI is InChI=1S/C19H26N4O2S/c1-23(2)16-10-8-14(9-11-16)12-20-17(24)13-26-19-22-21-18(25-19)15-6-4-3-5-7-15/h8-11,15H,3-7,12-13H2,1-2H3,(H,20,24). The highest BCUT2D eigenvalue weighted by Crippen LogP contribution is 2.32. The molecule has 0 radical (unpaired) electrons. The maximum atomic E-state index is 12.0. The van der Waals surface area contributed by atoms with Gasteiger partial charge in [-0.15, -0.1) is 10.2 Å². The van der Waals surface area contributed by atoms with Crippen LogP contribution in [0.3, 0.4) is 0 Å². The lowest BCUT2D eigenvalue weighted by Gasteiger charge is -2.17. The van der Waals surface area contributed by atoms with Crippen LogP contribution < -0.4 is 10.2 Å². The summed E-state index contributed by atoms with van der Waals surface area (Å²) in [6, 6.07) is 8.14. The van der Waals surface area contributed by atoms with Gasteiger partial charge in [0.15, 0.2) is 0 Å². The minimum absolute atomic E-state index is 0.0379. The highest BCUT2D eigenvalue weighted by Gasteiger charge is 2.21. The number of amides is 1. The van der Waals surface area contributed by atoms with E-state index in [2.05, 4.69) is 15.5 Å². The third-order valence-electron chi connectivity index (χ3n) is 4.65. The number of carbonyl (C=O) groups excluding carboxylic acids is 1. The fourth-order valence-electron chi connectivity index (χ4n) is 3.08. The molecule has 7 heteroatoms. The van der Waals surface area contributed by atoms with Crippen LogP contribution in [-0.2, 0) is 11.3 Å². The Kier molecular flexibility index (Phi) is 6.55. The first-order valence-electron chi connectivity index (χ1n) is 9.11. The summed E-state index contributed by atoms with van der Waals surface area (Å²) in [7, 11) is 4.01. The van der Waals surface area contributed by atoms with Crippen molar-refractivity contribution in [2.24, 2.45) is 0 Å². The molecular formula is C19H26N4O2S. The zero-order valence-corrected chi connectivity index (χ0v) is 16.2. The molecule has 0 bridgehead atoms. The lowest BCUT2D eigenvalue weighted by Crippen LogP contribution is -2.24. The molecule has 0 spiro atoms. The van der Waals surface area contributed by atoms with Gasteiger partial charge in [0.2, 0.25) is 11.8 Å². The average Bonchev–Trinajstić information content (AvgIpc) is 3.15. The molecule has 3 rings (SSSR count). The van der Waals surface area contributed by atoms with Crippen molar-refractivity contribution in [3.05, 3.63) is 35.7 Å². The Labute approximate surface area is 158 Å². The highest BCUT2D eigenvalue weighted by atomic mass is 32.2. The van der Waals surface area contributed by atoms with Crippen molar-refractivity contribution in [2.75, 3.05) is 24.7 Å². The monoisotopic (exact) mass is 374 g/mol. The van der Waals surface area contributed by atoms with Crippen molar-refractivity contribution >= 4 is 23.4 Å². The molecular weight excluding hydrogens is 348 g/mol. The van der Waals surface area contributed by atoms with E-state index in [0.717, 1.165) is 30.0 Å². The Bertz CT molecular complexity index is 709. The molecule has 0 atom stereocenters. The number of nitrogens with zero attached hydrogens (tertiary/aromatic N) is 3. The van der Waals surface area contributed by atoms with E-state index in [0.29, 0.717) is 17.7 Å². The lowest BCUT2D eigenvalue weighted by atomic mass is 9.89. The van der Waals surface area contributed by atoms with Gasteiger partial charge in [-0.25, -0.2) is 0 Å². The zero-order valence-electron chi connectivity index (χ0n) is 15.4. The summed E-state index contributed by atoms with van der Waals surface area (Å²) >= 11 is 1.30. The van der Waals surface area contributed by atoms with Crippen LogP contribution in [0.15, 0.2) is 33.9 Å². The largest absolute Gasteiger partial charge is 0.416 e. The maximum absolute atomic E-state index is 12.0. The molecule has 1 aliphatic carbocycles. The van der Waals surface area contributed by atoms with Gasteiger partial charge in [0.05, 0.1) is 5.75 Å². The van der Waals surface area contributed by atoms with E-state index in [1.807, 2.05) is 43.3 Å². The minimum Gasteiger partial charge on any atom is -0.416 e. The fourth-order valence-corrected chi connectivity index (χ4v) is 3.68. The smallest absolute Gasteiger partial charge is 0.277 e. The van der Waals surface area contributed by atoms with Gasteiger partial charge < -0.3 is 14.6 Å². The Morgan fingerprint density at radius 2 is 1.92 bits per heavy atom. The molecule has 1 saturated carbocycles. The second-order valence-corrected chi connectivity index (χ2v) is 7.79. The summed E-state index contributed by atoms with van der Waals surface area (Å²) in [4.78, 5) is 14.1. The van der Waals surface area contributed by atoms with Crippen molar-refractivity contribution in [1.29, 1.82) is 0 Å². The maximum Gasteiger partial charge on any atom is 0.277 e. The topological polar surface area (TPSA) is 71.3 Å². The van der Waals surface area contributed by atoms with E-state index in [4.69, 9.17) is 4.42 Å². The van der Waals surface area contributed by atoms with Gasteiger partial charge in [-0.3, -0.25) is 4.79 Å². The summed E-state index contributed by atoms with van der Waals surface area (Å²) in [5.41, 5.74) is 2.21. The molecule has 0 saturated heterocycles. The predicted molar refractivity (Wildman–Crippen MR) is 103 cm³/mol. The molecule has 140 valence electrons. The van der Waals surface area contributed by atoms with E-state index < -0.39 is 0 Å². The second-order valence-electron chi connectivity index (χ2n) is 6.87. The number of rotatable bonds is 7. The van der Waals surface area contributed by atoms with Gasteiger partial charge in [-0.05, 0) is 30.5 Å². The van der Waals surface area contributed by atoms with Crippen LogP contribution in [0.2, 0.25) is 0 Å². The number of benzene rings is 1. The van der Waals surface area contributed by atoms with Crippen LogP contribution in [0.1, 0.15) is 49.5 Å². The summed E-state index contributed by atoms with van der Waals surface area (Å²) in [5, 5.41) is 11.6. The Hall–Kier alpha value is -2.02. The number of carbonyl (C=O) groups is 1. The van der Waals surface area contributed by atoms with Crippen molar-refractivity contribution in [3.63, 3.8) is 0 Å². The lowest BCUT2D eigenvalue weighted by molar-refractivity contribution is -0.118. The van der Waals surface area contributed by atoms with Crippen molar-refractivity contribution in [1.82, 2.24) is 15.5 Å². The van der Waals surface area contributed by atoms with Gasteiger partial charge >= 0.3 is 0 Å². The van der Waals surface area contributed by atoms with Crippen LogP contribution in [0, 0.1) is 0 Å². The highest BCUT2D eigenvalue weighted by molar-refractivity contribution is 7.99. The number of hydrogen-bond donors (Lipinski definition) is 1. The zero-order chi connectivity index (χ0) is 18.4. The number of aromatic nitrogens is 2. The first kappa shape index (κ1) is 18.8. The normalized spacial score (nSPS) is 15.0. The second kappa shape index (κ2) is 9.07. The summed E-state index contributed by atoms with van der Waals surface area (Å²) in [6.45, 7) is 0.518. The SMILES string of the molecule is CN(C)c1ccc(CNC(=O)CSc2nnc(C3CCCCC3)o2)cc1. The van der Waals surface area contributed by atoms with Crippen molar-refractivity contribution in [3.8, 4) is 0 Å². The van der Waals surface area contributed by atoms with Crippen LogP contribution in [-0.4, -0.2) is 36.0 Å². The van der Waals surface area contributed by atoms with Crippen LogP contribution in [0.4, 0.5) is 5.69 Å². The van der Waals surface area contributed by atoms with E-state index in [-0.39, 0.29) is 11.7 Å². The molecule has 1 aliphatic rings. The third-order valence-corrected chi connectivity index (χ3v) is 5.46. The van der Waals surface area contributed by atoms with E-state index in [1.165, 1.54) is 31.0 Å². The molecule has 1 heterocycles. The van der Waals surface area contributed by atoms with Crippen LogP contribution in [0.5, 0.6) is 0 Å². The van der Waals surface area contributed by atoms with Gasteiger partial charge in [-0.2, -0.15) is 0 Å². The molecule has 26 heavy (non-hydrogen) atoms. The van der Waals surface area contributed by atoms with Crippen LogP contribution in [0.25, 0.3) is 0 Å². The molecule has 1 N–H and O–H groups in total. The van der Waals surface area contributed by atoms with Gasteiger partial charge in [-0.1, -0.05) is 43.2 Å². The first-order chi connectivity index (χ1) is 12.6. The number of anilines is 1. The van der Waals surface area contributed by atoms with E-state index in [1.54, 1.807) is 0 Å².